The first-order valence-electron chi connectivity index (χ1n) is 11.1. The zero-order chi connectivity index (χ0) is 22.5. The van der Waals surface area contributed by atoms with Crippen molar-refractivity contribution in [3.63, 3.8) is 0 Å². The topological polar surface area (TPSA) is 106 Å². The molecule has 1 aliphatic carbocycles. The first-order chi connectivity index (χ1) is 15.5. The maximum Gasteiger partial charge on any atom is 0.251 e. The summed E-state index contributed by atoms with van der Waals surface area (Å²) < 4.78 is 5.53. The van der Waals surface area contributed by atoms with Crippen molar-refractivity contribution in [2.75, 3.05) is 4.90 Å². The van der Waals surface area contributed by atoms with Crippen molar-refractivity contribution < 1.29 is 14.0 Å². The van der Waals surface area contributed by atoms with E-state index in [1.165, 1.54) is 4.80 Å². The van der Waals surface area contributed by atoms with Crippen molar-refractivity contribution in [3.8, 4) is 11.6 Å². The molecular weight excluding hydrogens is 408 g/mol. The van der Waals surface area contributed by atoms with Gasteiger partial charge in [0.1, 0.15) is 18.3 Å². The predicted octanol–water partition coefficient (Wildman–Crippen LogP) is 3.11. The van der Waals surface area contributed by atoms with Crippen LogP contribution in [0.25, 0.3) is 11.6 Å². The lowest BCUT2D eigenvalue weighted by Crippen LogP contribution is -2.52. The largest absolute Gasteiger partial charge is 0.458 e. The second kappa shape index (κ2) is 9.76. The Morgan fingerprint density at radius 2 is 1.94 bits per heavy atom. The highest BCUT2D eigenvalue weighted by Gasteiger charge is 2.32. The molecule has 1 N–H and O–H groups in total. The normalized spacial score (nSPS) is 14.9. The number of anilines is 1. The molecule has 1 unspecified atom stereocenters. The number of carbonyl (C=O) groups excluding carboxylic acids is 2. The number of hydrogen-bond acceptors (Lipinski definition) is 6. The minimum absolute atomic E-state index is 0.130. The molecule has 2 amide bonds. The minimum Gasteiger partial charge on any atom is -0.458 e. The molecule has 1 saturated carbocycles. The van der Waals surface area contributed by atoms with E-state index in [2.05, 4.69) is 20.7 Å². The summed E-state index contributed by atoms with van der Waals surface area (Å²) in [7, 11) is 0. The minimum atomic E-state index is -0.624. The molecule has 0 radical (unpaired) electrons. The van der Waals surface area contributed by atoms with E-state index >= 15 is 0 Å². The zero-order valence-electron chi connectivity index (χ0n) is 18.4. The van der Waals surface area contributed by atoms with Gasteiger partial charge in [0.25, 0.3) is 5.91 Å². The molecule has 1 aliphatic rings. The molecule has 1 aromatic carbocycles. The summed E-state index contributed by atoms with van der Waals surface area (Å²) in [6, 6.07) is 12.4. The number of amides is 2. The molecule has 0 saturated heterocycles. The Hall–Kier alpha value is -3.49. The lowest BCUT2D eigenvalue weighted by molar-refractivity contribution is -0.127. The van der Waals surface area contributed by atoms with Crippen molar-refractivity contribution >= 4 is 17.5 Å². The third-order valence-corrected chi connectivity index (χ3v) is 5.70. The predicted molar refractivity (Wildman–Crippen MR) is 119 cm³/mol. The Balaban J connectivity index is 1.55. The quantitative estimate of drug-likeness (QED) is 0.582. The van der Waals surface area contributed by atoms with E-state index in [0.717, 1.165) is 31.4 Å². The van der Waals surface area contributed by atoms with Gasteiger partial charge >= 0.3 is 0 Å². The van der Waals surface area contributed by atoms with Crippen LogP contribution in [0, 0.1) is 6.92 Å². The molecule has 1 atom stereocenters. The molecule has 2 heterocycles. The number of nitrogens with zero attached hydrogens (tertiary/aromatic N) is 5. The highest BCUT2D eigenvalue weighted by molar-refractivity contribution is 6.00. The van der Waals surface area contributed by atoms with E-state index in [9.17, 15) is 9.59 Å². The van der Waals surface area contributed by atoms with Gasteiger partial charge in [-0.15, -0.1) is 10.2 Å². The van der Waals surface area contributed by atoms with Crippen LogP contribution in [0.5, 0.6) is 0 Å². The second-order valence-corrected chi connectivity index (χ2v) is 8.07. The maximum absolute atomic E-state index is 13.4. The molecule has 0 spiro atoms. The van der Waals surface area contributed by atoms with Crippen molar-refractivity contribution in [2.24, 2.45) is 0 Å². The van der Waals surface area contributed by atoms with Crippen LogP contribution in [0.15, 0.2) is 46.9 Å². The summed E-state index contributed by atoms with van der Waals surface area (Å²) in [6.45, 7) is 3.60. The van der Waals surface area contributed by atoms with Gasteiger partial charge in [0.05, 0.1) is 0 Å². The third kappa shape index (κ3) is 4.87. The fourth-order valence-corrected chi connectivity index (χ4v) is 4.10. The van der Waals surface area contributed by atoms with Gasteiger partial charge in [-0.05, 0) is 55.7 Å². The number of nitrogens with one attached hydrogen (secondary N) is 1. The number of furan rings is 1. The Bertz CT molecular complexity index is 1050. The Morgan fingerprint density at radius 3 is 2.59 bits per heavy atom. The first kappa shape index (κ1) is 21.7. The number of aromatic nitrogens is 4. The number of hydrogen-bond donors (Lipinski definition) is 1. The fraction of sp³-hybridized carbons (Fsp3) is 0.435. The van der Waals surface area contributed by atoms with E-state index in [4.69, 9.17) is 4.42 Å². The van der Waals surface area contributed by atoms with E-state index in [1.54, 1.807) is 11.0 Å². The summed E-state index contributed by atoms with van der Waals surface area (Å²) >= 11 is 0. The van der Waals surface area contributed by atoms with Gasteiger partial charge in [-0.25, -0.2) is 0 Å². The Labute approximate surface area is 186 Å². The van der Waals surface area contributed by atoms with E-state index in [1.807, 2.05) is 50.2 Å². The van der Waals surface area contributed by atoms with Gasteiger partial charge in [-0.1, -0.05) is 38.0 Å². The van der Waals surface area contributed by atoms with E-state index in [0.29, 0.717) is 23.7 Å². The smallest absolute Gasteiger partial charge is 0.251 e. The standard InChI is InChI=1S/C23H28N6O3/c1-3-19(23(31)24-17-9-7-8-10-17)29(18-11-5-4-6-12-18)21(30)15-28-26-22(25-27-28)20-14-13-16(2)32-20/h4-6,11-14,17,19H,3,7-10,15H2,1-2H3,(H,24,31). The molecule has 9 nitrogen and oxygen atoms in total. The highest BCUT2D eigenvalue weighted by Crippen LogP contribution is 2.22. The average molecular weight is 437 g/mol. The van der Waals surface area contributed by atoms with Crippen LogP contribution in [-0.4, -0.2) is 44.1 Å². The van der Waals surface area contributed by atoms with Gasteiger partial charge in [-0.2, -0.15) is 4.80 Å². The second-order valence-electron chi connectivity index (χ2n) is 8.07. The van der Waals surface area contributed by atoms with Crippen LogP contribution in [0.2, 0.25) is 0 Å². The van der Waals surface area contributed by atoms with Crippen molar-refractivity contribution in [2.45, 2.75) is 64.6 Å². The summed E-state index contributed by atoms with van der Waals surface area (Å²) in [4.78, 5) is 29.3. The van der Waals surface area contributed by atoms with Gasteiger partial charge in [-0.3, -0.25) is 14.5 Å². The Morgan fingerprint density at radius 1 is 1.19 bits per heavy atom. The van der Waals surface area contributed by atoms with Crippen LogP contribution >= 0.6 is 0 Å². The fourth-order valence-electron chi connectivity index (χ4n) is 4.10. The van der Waals surface area contributed by atoms with Crippen molar-refractivity contribution in [1.82, 2.24) is 25.5 Å². The number of benzene rings is 1. The average Bonchev–Trinajstić information content (AvgIpc) is 3.55. The molecule has 1 fully saturated rings. The summed E-state index contributed by atoms with van der Waals surface area (Å²) in [5.41, 5.74) is 0.660. The van der Waals surface area contributed by atoms with E-state index < -0.39 is 6.04 Å². The highest BCUT2D eigenvalue weighted by atomic mass is 16.3. The van der Waals surface area contributed by atoms with Gasteiger partial charge in [0.15, 0.2) is 5.76 Å². The number of para-hydroxylation sites is 1. The zero-order valence-corrected chi connectivity index (χ0v) is 18.4. The monoisotopic (exact) mass is 436 g/mol. The molecule has 9 heteroatoms. The summed E-state index contributed by atoms with van der Waals surface area (Å²) in [5.74, 6) is 1.12. The summed E-state index contributed by atoms with van der Waals surface area (Å²) in [6.07, 6.45) is 4.71. The van der Waals surface area contributed by atoms with Gasteiger partial charge in [0.2, 0.25) is 11.7 Å². The van der Waals surface area contributed by atoms with Crippen LogP contribution < -0.4 is 10.2 Å². The Kier molecular flexibility index (Phi) is 6.63. The number of aryl methyl sites for hydroxylation is 1. The molecule has 3 aromatic rings. The molecular formula is C23H28N6O3. The van der Waals surface area contributed by atoms with Gasteiger partial charge in [0, 0.05) is 11.7 Å². The van der Waals surface area contributed by atoms with Crippen molar-refractivity contribution in [3.05, 3.63) is 48.2 Å². The molecule has 2 aromatic heterocycles. The third-order valence-electron chi connectivity index (χ3n) is 5.70. The lowest BCUT2D eigenvalue weighted by Gasteiger charge is -2.31. The molecule has 168 valence electrons. The van der Waals surface area contributed by atoms with Crippen molar-refractivity contribution in [1.29, 1.82) is 0 Å². The molecule has 32 heavy (non-hydrogen) atoms. The lowest BCUT2D eigenvalue weighted by atomic mass is 10.1. The summed E-state index contributed by atoms with van der Waals surface area (Å²) in [5, 5.41) is 15.4. The van der Waals surface area contributed by atoms with E-state index in [-0.39, 0.29) is 24.4 Å². The molecule has 0 bridgehead atoms. The molecule has 4 rings (SSSR count). The first-order valence-corrected chi connectivity index (χ1v) is 11.1. The van der Waals surface area contributed by atoms with Gasteiger partial charge < -0.3 is 9.73 Å². The van der Waals surface area contributed by atoms with Crippen LogP contribution in [0.3, 0.4) is 0 Å². The maximum atomic E-state index is 13.4. The SMILES string of the molecule is CCC(C(=O)NC1CCCC1)N(C(=O)Cn1nnc(-c2ccc(C)o2)n1)c1ccccc1. The molecule has 0 aliphatic heterocycles. The van der Waals surface area contributed by atoms with Crippen LogP contribution in [0.4, 0.5) is 5.69 Å². The number of carbonyl (C=O) groups is 2. The number of rotatable bonds is 8. The number of tetrazole rings is 1. The van der Waals surface area contributed by atoms with Crippen LogP contribution in [0.1, 0.15) is 44.8 Å². The van der Waals surface area contributed by atoms with Crippen LogP contribution in [-0.2, 0) is 16.1 Å².